The third-order valence-corrected chi connectivity index (χ3v) is 11.0. The summed E-state index contributed by atoms with van der Waals surface area (Å²) in [5.41, 5.74) is 0. The molecule has 0 amide bonds. The molecule has 0 bridgehead atoms. The highest BCUT2D eigenvalue weighted by atomic mass is 28.4. The Labute approximate surface area is 103 Å². The summed E-state index contributed by atoms with van der Waals surface area (Å²) in [5, 5.41) is 0. The molecule has 0 atom stereocenters. The molecule has 0 aromatic rings. The Morgan fingerprint density at radius 2 is 1.31 bits per heavy atom. The predicted molar refractivity (Wildman–Crippen MR) is 72.4 cm³/mol. The summed E-state index contributed by atoms with van der Waals surface area (Å²) in [6.07, 6.45) is 0. The van der Waals surface area contributed by atoms with E-state index in [4.69, 9.17) is 17.4 Å². The van der Waals surface area contributed by atoms with Crippen LogP contribution in [0.5, 0.6) is 0 Å². The van der Waals surface area contributed by atoms with E-state index in [0.29, 0.717) is 0 Å². The predicted octanol–water partition coefficient (Wildman–Crippen LogP) is 2.34. The Bertz CT molecular complexity index is 187. The highest BCUT2D eigenvalue weighted by Crippen LogP contribution is 2.23. The first kappa shape index (κ1) is 16.5. The average Bonchev–Trinajstić information content (AvgIpc) is 2.19. The number of rotatable bonds is 8. The quantitative estimate of drug-likeness (QED) is 0.640. The van der Waals surface area contributed by atoms with Crippen molar-refractivity contribution in [3.05, 3.63) is 0 Å². The zero-order valence-electron chi connectivity index (χ0n) is 11.5. The maximum absolute atomic E-state index is 6.06. The maximum atomic E-state index is 6.06. The van der Waals surface area contributed by atoms with Gasteiger partial charge in [0, 0.05) is 27.4 Å². The second-order valence-corrected chi connectivity index (χ2v) is 14.3. The van der Waals surface area contributed by atoms with E-state index in [1.54, 1.807) is 21.3 Å². The van der Waals surface area contributed by atoms with Crippen LogP contribution >= 0.6 is 0 Å². The fourth-order valence-corrected chi connectivity index (χ4v) is 11.2. The molecule has 0 unspecified atom stereocenters. The minimum absolute atomic E-state index is 0.624. The molecule has 0 aliphatic rings. The van der Waals surface area contributed by atoms with Gasteiger partial charge in [-0.2, -0.15) is 0 Å². The van der Waals surface area contributed by atoms with Crippen LogP contribution in [0.4, 0.5) is 0 Å². The molecule has 0 saturated carbocycles. The van der Waals surface area contributed by atoms with Crippen LogP contribution in [0.2, 0.25) is 38.3 Å². The molecule has 1 radical (unpaired) electrons. The lowest BCUT2D eigenvalue weighted by atomic mass is 10.9. The highest BCUT2D eigenvalue weighted by Gasteiger charge is 2.40. The molecule has 0 spiro atoms. The summed E-state index contributed by atoms with van der Waals surface area (Å²) in [7, 11) is 0.348. The van der Waals surface area contributed by atoms with Gasteiger partial charge in [-0.15, -0.1) is 0 Å². The van der Waals surface area contributed by atoms with Crippen LogP contribution in [0.3, 0.4) is 0 Å². The molecule has 0 fully saturated rings. The second-order valence-electron chi connectivity index (χ2n) is 4.57. The summed E-state index contributed by atoms with van der Waals surface area (Å²) in [6.45, 7) is 8.83. The molecule has 0 aliphatic carbocycles. The van der Waals surface area contributed by atoms with Crippen LogP contribution in [0.25, 0.3) is 0 Å². The summed E-state index contributed by atoms with van der Waals surface area (Å²) >= 11 is 0. The van der Waals surface area contributed by atoms with E-state index >= 15 is 0 Å². The zero-order valence-corrected chi connectivity index (χ0v) is 14.5. The van der Waals surface area contributed by atoms with Gasteiger partial charge in [0.1, 0.15) is 0 Å². The summed E-state index contributed by atoms with van der Waals surface area (Å²) in [6, 6.07) is 1.86. The van der Waals surface area contributed by atoms with Gasteiger partial charge in [0.25, 0.3) is 0 Å². The average molecular weight is 282 g/mol. The van der Waals surface area contributed by atoms with Gasteiger partial charge in [0.15, 0.2) is 17.4 Å². The van der Waals surface area contributed by atoms with E-state index in [9.17, 15) is 0 Å². The lowest BCUT2D eigenvalue weighted by Gasteiger charge is -2.30. The number of hydrogen-bond acceptors (Lipinski definition) is 4. The first-order valence-corrected chi connectivity index (χ1v) is 12.9. The van der Waals surface area contributed by atoms with Crippen LogP contribution in [0.15, 0.2) is 0 Å². The van der Waals surface area contributed by atoms with Crippen molar-refractivity contribution in [1.29, 1.82) is 0 Å². The van der Waals surface area contributed by atoms with Crippen molar-refractivity contribution in [2.45, 2.75) is 38.3 Å². The summed E-state index contributed by atoms with van der Waals surface area (Å²) < 4.78 is 22.3. The minimum atomic E-state index is -2.41. The van der Waals surface area contributed by atoms with Crippen molar-refractivity contribution < 1.29 is 17.4 Å². The zero-order chi connectivity index (χ0) is 12.8. The van der Waals surface area contributed by atoms with Crippen molar-refractivity contribution in [3.8, 4) is 0 Å². The first-order valence-electron chi connectivity index (χ1n) is 5.45. The molecule has 97 valence electrons. The van der Waals surface area contributed by atoms with E-state index in [1.807, 2.05) is 0 Å². The molecule has 0 aliphatic heterocycles. The van der Waals surface area contributed by atoms with Crippen LogP contribution in [0, 0.1) is 0 Å². The van der Waals surface area contributed by atoms with Crippen LogP contribution in [-0.4, -0.2) is 47.5 Å². The van der Waals surface area contributed by atoms with Crippen molar-refractivity contribution >= 4 is 26.2 Å². The van der Waals surface area contributed by atoms with Crippen LogP contribution in [0.1, 0.15) is 0 Å². The van der Waals surface area contributed by atoms with Gasteiger partial charge in [0.05, 0.1) is 0 Å². The molecule has 7 heteroatoms. The Hall–Kier alpha value is 0.491. The Morgan fingerprint density at radius 3 is 1.62 bits per heavy atom. The molecule has 0 saturated heterocycles. The van der Waals surface area contributed by atoms with Gasteiger partial charge in [-0.3, -0.25) is 0 Å². The van der Waals surface area contributed by atoms with Gasteiger partial charge in [0.2, 0.25) is 0 Å². The topological polar surface area (TPSA) is 36.9 Å². The minimum Gasteiger partial charge on any atom is -0.456 e. The summed E-state index contributed by atoms with van der Waals surface area (Å²) in [4.78, 5) is 0. The van der Waals surface area contributed by atoms with Crippen molar-refractivity contribution in [1.82, 2.24) is 0 Å². The Morgan fingerprint density at radius 1 is 0.875 bits per heavy atom. The largest absolute Gasteiger partial charge is 0.499 e. The van der Waals surface area contributed by atoms with Gasteiger partial charge < -0.3 is 17.4 Å². The molecular weight excluding hydrogens is 256 g/mol. The van der Waals surface area contributed by atoms with Gasteiger partial charge in [-0.1, -0.05) is 0 Å². The molecular formula is C9H25O4Si3. The molecule has 0 N–H and O–H groups in total. The molecule has 4 nitrogen and oxygen atoms in total. The van der Waals surface area contributed by atoms with Crippen LogP contribution in [-0.2, 0) is 17.4 Å². The second kappa shape index (κ2) is 7.04. The highest BCUT2D eigenvalue weighted by molar-refractivity contribution is 6.79. The lowest BCUT2D eigenvalue weighted by molar-refractivity contribution is 0.125. The lowest BCUT2D eigenvalue weighted by Crippen LogP contribution is -2.45. The number of hydrogen-bond donors (Lipinski definition) is 0. The van der Waals surface area contributed by atoms with Gasteiger partial charge in [-0.25, -0.2) is 0 Å². The Balaban J connectivity index is 4.29. The third kappa shape index (κ3) is 5.71. The molecule has 16 heavy (non-hydrogen) atoms. The molecule has 0 aromatic heterocycles. The van der Waals surface area contributed by atoms with Gasteiger partial charge >= 0.3 is 8.80 Å². The smallest absolute Gasteiger partial charge is 0.456 e. The SMILES string of the molecule is CO[Si](CC[Si](C)(C)O[Si](C)C)(OC)OC. The maximum Gasteiger partial charge on any atom is 0.499 e. The van der Waals surface area contributed by atoms with Crippen LogP contribution < -0.4 is 0 Å². The van der Waals surface area contributed by atoms with Gasteiger partial charge in [-0.05, 0) is 32.2 Å². The fourth-order valence-electron chi connectivity index (χ4n) is 1.61. The third-order valence-electron chi connectivity index (χ3n) is 2.45. The van der Waals surface area contributed by atoms with E-state index in [0.717, 1.165) is 12.1 Å². The molecule has 0 rings (SSSR count). The van der Waals surface area contributed by atoms with E-state index in [2.05, 4.69) is 26.2 Å². The summed E-state index contributed by atoms with van der Waals surface area (Å²) in [5.74, 6) is 0. The Kier molecular flexibility index (Phi) is 7.26. The fraction of sp³-hybridized carbons (Fsp3) is 1.00. The van der Waals surface area contributed by atoms with E-state index < -0.39 is 26.2 Å². The van der Waals surface area contributed by atoms with E-state index in [1.165, 1.54) is 0 Å². The standard InChI is InChI=1S/C9H25O4Si3/c1-10-16(11-2,12-3)9-8-15(6,7)13-14(4)5/h8-9H2,1-7H3. The molecule has 0 aromatic carbocycles. The van der Waals surface area contributed by atoms with Crippen molar-refractivity contribution in [3.63, 3.8) is 0 Å². The first-order chi connectivity index (χ1) is 7.31. The van der Waals surface area contributed by atoms with Crippen molar-refractivity contribution in [2.75, 3.05) is 21.3 Å². The monoisotopic (exact) mass is 281 g/mol. The van der Waals surface area contributed by atoms with E-state index in [-0.39, 0.29) is 0 Å². The van der Waals surface area contributed by atoms with Crippen molar-refractivity contribution in [2.24, 2.45) is 0 Å². The normalized spacial score (nSPS) is 13.5. The molecule has 0 heterocycles.